The minimum atomic E-state index is -1.94. The zero-order chi connectivity index (χ0) is 23.7. The van der Waals surface area contributed by atoms with Gasteiger partial charge in [0.2, 0.25) is 0 Å². The molecule has 166 valence electrons. The van der Waals surface area contributed by atoms with Crippen molar-refractivity contribution in [2.75, 3.05) is 7.11 Å². The van der Waals surface area contributed by atoms with Gasteiger partial charge in [-0.3, -0.25) is 4.79 Å². The van der Waals surface area contributed by atoms with Crippen molar-refractivity contribution in [2.45, 2.75) is 78.9 Å². The molecular formula is C27H36O3Si. The lowest BCUT2D eigenvalue weighted by atomic mass is 9.98. The third-order valence-corrected chi connectivity index (χ3v) is 12.9. The van der Waals surface area contributed by atoms with E-state index in [0.29, 0.717) is 22.2 Å². The number of carbonyl (C=O) groups is 2. The molecule has 31 heavy (non-hydrogen) atoms. The first-order chi connectivity index (χ1) is 14.4. The predicted octanol–water partition coefficient (Wildman–Crippen LogP) is 6.64. The largest absolute Gasteiger partial charge is 0.463 e. The number of esters is 1. The van der Waals surface area contributed by atoms with Crippen LogP contribution in [-0.2, 0) is 9.53 Å². The van der Waals surface area contributed by atoms with E-state index in [9.17, 15) is 9.59 Å². The number of carbonyl (C=O) groups excluding carboxylic acids is 2. The summed E-state index contributed by atoms with van der Waals surface area (Å²) in [7, 11) is -0.706. The highest BCUT2D eigenvalue weighted by Crippen LogP contribution is 2.42. The molecular weight excluding hydrogens is 400 g/mol. The van der Waals surface area contributed by atoms with Crippen molar-refractivity contribution in [1.82, 2.24) is 0 Å². The van der Waals surface area contributed by atoms with Crippen LogP contribution in [-0.4, -0.2) is 26.9 Å². The summed E-state index contributed by atoms with van der Waals surface area (Å²) in [6.45, 7) is 19.8. The second-order valence-electron chi connectivity index (χ2n) is 9.59. The van der Waals surface area contributed by atoms with E-state index in [1.807, 2.05) is 20.8 Å². The molecule has 2 rings (SSSR count). The molecule has 0 atom stereocenters. The van der Waals surface area contributed by atoms with Crippen molar-refractivity contribution in [3.8, 4) is 22.6 Å². The van der Waals surface area contributed by atoms with Gasteiger partial charge in [-0.1, -0.05) is 65.2 Å². The van der Waals surface area contributed by atoms with Gasteiger partial charge in [0, 0.05) is 16.7 Å². The van der Waals surface area contributed by atoms with Crippen molar-refractivity contribution in [1.29, 1.82) is 0 Å². The number of fused-ring (bicyclic) bond motifs is 1. The molecule has 2 aliphatic rings. The number of ketones is 1. The molecule has 0 aromatic rings. The van der Waals surface area contributed by atoms with E-state index in [1.54, 1.807) is 6.07 Å². The summed E-state index contributed by atoms with van der Waals surface area (Å²) in [6, 6.07) is 5.97. The molecule has 0 heterocycles. The highest BCUT2D eigenvalue weighted by Gasteiger charge is 2.41. The molecule has 0 saturated carbocycles. The van der Waals surface area contributed by atoms with Crippen molar-refractivity contribution in [3.63, 3.8) is 0 Å². The summed E-state index contributed by atoms with van der Waals surface area (Å²) >= 11 is 0. The van der Waals surface area contributed by atoms with E-state index in [1.165, 1.54) is 7.11 Å². The molecule has 0 amide bonds. The summed E-state index contributed by atoms with van der Waals surface area (Å²) in [6.07, 6.45) is 0. The molecule has 4 heteroatoms. The number of ether oxygens (including phenoxy) is 1. The smallest absolute Gasteiger partial charge is 0.379 e. The highest BCUT2D eigenvalue weighted by molar-refractivity contribution is 6.90. The Kier molecular flexibility index (Phi) is 7.55. The van der Waals surface area contributed by atoms with Gasteiger partial charge in [-0.25, -0.2) is 4.79 Å². The number of Topliss-reactive ketones (excluding diaryl/α,β-unsaturated/α-hetero) is 1. The van der Waals surface area contributed by atoms with E-state index in [-0.39, 0.29) is 0 Å². The van der Waals surface area contributed by atoms with Crippen LogP contribution in [0.1, 0.15) is 74.2 Å². The topological polar surface area (TPSA) is 43.4 Å². The normalized spacial score (nSPS) is 11.8. The highest BCUT2D eigenvalue weighted by atomic mass is 28.3. The minimum absolute atomic E-state index is 0.383. The first kappa shape index (κ1) is 24.9. The number of hydrogen-bond donors (Lipinski definition) is 0. The van der Waals surface area contributed by atoms with Crippen LogP contribution in [0, 0.1) is 32.2 Å². The van der Waals surface area contributed by atoms with Crippen LogP contribution >= 0.6 is 0 Å². The maximum absolute atomic E-state index is 12.9. The zero-order valence-corrected chi connectivity index (χ0v) is 21.7. The predicted molar refractivity (Wildman–Crippen MR) is 132 cm³/mol. The van der Waals surface area contributed by atoms with Gasteiger partial charge < -0.3 is 4.74 Å². The standard InChI is InChI=1S/C27H36O3Si/c1-16(2)31(17(3)4,18(5)6)12-11-22-15-23(26(28)27(29)30-10)25-21(9)14-19(7)13-20(8)24(22)25/h13-18H,1-10H3. The average Bonchev–Trinajstić information content (AvgIpc) is 3.00. The first-order valence-corrected chi connectivity index (χ1v) is 13.3. The number of aryl methyl sites for hydroxylation is 3. The van der Waals surface area contributed by atoms with Crippen LogP contribution in [0.25, 0.3) is 11.1 Å². The fourth-order valence-electron chi connectivity index (χ4n) is 5.34. The Morgan fingerprint density at radius 1 is 0.839 bits per heavy atom. The van der Waals surface area contributed by atoms with Crippen molar-refractivity contribution < 1.29 is 14.3 Å². The molecule has 0 radical (unpaired) electrons. The second-order valence-corrected chi connectivity index (χ2v) is 15.2. The van der Waals surface area contributed by atoms with Crippen LogP contribution in [0.2, 0.25) is 16.6 Å². The molecule has 0 aromatic carbocycles. The maximum Gasteiger partial charge on any atom is 0.379 e. The van der Waals surface area contributed by atoms with Crippen LogP contribution in [0.5, 0.6) is 0 Å². The molecule has 0 saturated heterocycles. The summed E-state index contributed by atoms with van der Waals surface area (Å²) in [5, 5.41) is 0. The fourth-order valence-corrected chi connectivity index (χ4v) is 10.6. The quantitative estimate of drug-likeness (QED) is 0.173. The first-order valence-electron chi connectivity index (χ1n) is 11.1. The molecule has 0 aromatic heterocycles. The molecule has 0 aliphatic heterocycles. The number of methoxy groups -OCH3 is 1. The Morgan fingerprint density at radius 3 is 1.77 bits per heavy atom. The Morgan fingerprint density at radius 2 is 1.32 bits per heavy atom. The lowest BCUT2D eigenvalue weighted by molar-refractivity contribution is -0.135. The van der Waals surface area contributed by atoms with Crippen LogP contribution in [0.4, 0.5) is 0 Å². The molecule has 0 N–H and O–H groups in total. The summed E-state index contributed by atoms with van der Waals surface area (Å²) in [5.41, 5.74) is 11.4. The number of hydrogen-bond acceptors (Lipinski definition) is 3. The van der Waals surface area contributed by atoms with E-state index in [2.05, 4.69) is 65.1 Å². The van der Waals surface area contributed by atoms with Crippen LogP contribution < -0.4 is 0 Å². The fraction of sp³-hybridized carbons (Fsp3) is 0.481. The van der Waals surface area contributed by atoms with Crippen molar-refractivity contribution in [3.05, 3.63) is 46.0 Å². The lowest BCUT2D eigenvalue weighted by Gasteiger charge is -2.38. The van der Waals surface area contributed by atoms with Gasteiger partial charge in [0.15, 0.2) is 0 Å². The third-order valence-electron chi connectivity index (χ3n) is 6.65. The third kappa shape index (κ3) is 4.48. The molecule has 0 fully saturated rings. The van der Waals surface area contributed by atoms with Crippen molar-refractivity contribution in [2.24, 2.45) is 0 Å². The van der Waals surface area contributed by atoms with Crippen molar-refractivity contribution >= 4 is 19.8 Å². The lowest BCUT2D eigenvalue weighted by Crippen LogP contribution is -2.43. The molecule has 0 unspecified atom stereocenters. The zero-order valence-electron chi connectivity index (χ0n) is 20.7. The van der Waals surface area contributed by atoms with E-state index in [0.717, 1.165) is 33.4 Å². The Balaban J connectivity index is 2.90. The Bertz CT molecular complexity index is 1010. The van der Waals surface area contributed by atoms with Gasteiger partial charge in [-0.15, -0.1) is 5.54 Å². The van der Waals surface area contributed by atoms with Gasteiger partial charge in [-0.05, 0) is 60.2 Å². The van der Waals surface area contributed by atoms with Gasteiger partial charge in [0.25, 0.3) is 5.78 Å². The van der Waals surface area contributed by atoms with Gasteiger partial charge in [0.1, 0.15) is 8.07 Å². The number of rotatable bonds is 5. The van der Waals surface area contributed by atoms with Crippen LogP contribution in [0.3, 0.4) is 0 Å². The van der Waals surface area contributed by atoms with Gasteiger partial charge in [-0.2, -0.15) is 0 Å². The molecule has 0 bridgehead atoms. The van der Waals surface area contributed by atoms with Gasteiger partial charge >= 0.3 is 5.97 Å². The minimum Gasteiger partial charge on any atom is -0.463 e. The Labute approximate surface area is 188 Å². The van der Waals surface area contributed by atoms with Crippen LogP contribution in [0.15, 0.2) is 18.2 Å². The summed E-state index contributed by atoms with van der Waals surface area (Å²) in [5.74, 6) is 2.05. The molecule has 2 aliphatic carbocycles. The molecule has 0 spiro atoms. The monoisotopic (exact) mass is 436 g/mol. The Hall–Kier alpha value is -2.38. The summed E-state index contributed by atoms with van der Waals surface area (Å²) in [4.78, 5) is 25.0. The second kappa shape index (κ2) is 9.40. The molecule has 3 nitrogen and oxygen atoms in total. The average molecular weight is 437 g/mol. The summed E-state index contributed by atoms with van der Waals surface area (Å²) < 4.78 is 4.73. The SMILES string of the molecule is COC(=O)C(=O)c1cc(C#C[Si](C(C)C)(C(C)C)C(C)C)c2c(C)cc(C)cc(C)c1-2. The van der Waals surface area contributed by atoms with Gasteiger partial charge in [0.05, 0.1) is 7.11 Å². The van der Waals surface area contributed by atoms with E-state index >= 15 is 0 Å². The van der Waals surface area contributed by atoms with E-state index in [4.69, 9.17) is 4.74 Å². The maximum atomic E-state index is 12.9. The van der Waals surface area contributed by atoms with E-state index < -0.39 is 19.8 Å².